The predicted molar refractivity (Wildman–Crippen MR) is 84.8 cm³/mol. The molecule has 1 heterocycles. The normalized spacial score (nSPS) is 19.7. The Hall–Kier alpha value is -1.76. The molecular formula is C15H22N2O4S. The summed E-state index contributed by atoms with van der Waals surface area (Å²) in [6.07, 6.45) is 0.490. The van der Waals surface area contributed by atoms with Gasteiger partial charge < -0.3 is 15.0 Å². The van der Waals surface area contributed by atoms with Crippen molar-refractivity contribution >= 4 is 15.9 Å². The van der Waals surface area contributed by atoms with Gasteiger partial charge in [0, 0.05) is 13.1 Å². The van der Waals surface area contributed by atoms with E-state index in [2.05, 4.69) is 5.32 Å². The third-order valence-electron chi connectivity index (χ3n) is 3.86. The predicted octanol–water partition coefficient (Wildman–Crippen LogP) is 1.47. The van der Waals surface area contributed by atoms with Crippen molar-refractivity contribution in [3.63, 3.8) is 0 Å². The summed E-state index contributed by atoms with van der Waals surface area (Å²) in [6, 6.07) is 5.23. The number of aryl methyl sites for hydroxylation is 2. The molecule has 0 spiro atoms. The number of nitrogens with one attached hydrogen (secondary N) is 1. The van der Waals surface area contributed by atoms with Crippen LogP contribution in [0.25, 0.3) is 0 Å². The number of benzene rings is 1. The van der Waals surface area contributed by atoms with Crippen molar-refractivity contribution in [3.8, 4) is 5.75 Å². The molecule has 1 aliphatic rings. The lowest BCUT2D eigenvalue weighted by Crippen LogP contribution is -2.45. The van der Waals surface area contributed by atoms with Gasteiger partial charge in [-0.3, -0.25) is 0 Å². The Bertz CT molecular complexity index is 658. The van der Waals surface area contributed by atoms with E-state index in [0.29, 0.717) is 6.42 Å². The highest BCUT2D eigenvalue weighted by molar-refractivity contribution is 7.91. The molecule has 1 aromatic carbocycles. The average Bonchev–Trinajstić information content (AvgIpc) is 2.80. The van der Waals surface area contributed by atoms with Crippen molar-refractivity contribution in [2.75, 3.05) is 25.3 Å². The molecule has 0 saturated carbocycles. The standard InChI is InChI=1S/C15H22N2O4S/c1-11-4-5-14(12(2)8-11)21-10-16-15(18)17(3)13-6-7-22(19,20)9-13/h4-5,8,13H,6-7,9-10H2,1-3H3,(H,16,18). The summed E-state index contributed by atoms with van der Waals surface area (Å²) < 4.78 is 28.4. The van der Waals surface area contributed by atoms with Crippen LogP contribution in [0.15, 0.2) is 18.2 Å². The molecule has 2 rings (SSSR count). The van der Waals surface area contributed by atoms with Crippen LogP contribution in [-0.4, -0.2) is 50.7 Å². The molecule has 1 aromatic rings. The monoisotopic (exact) mass is 326 g/mol. The highest BCUT2D eigenvalue weighted by atomic mass is 32.2. The molecule has 1 atom stereocenters. The molecule has 122 valence electrons. The van der Waals surface area contributed by atoms with Crippen LogP contribution in [0.3, 0.4) is 0 Å². The Kier molecular flexibility index (Phi) is 4.95. The maximum atomic E-state index is 12.0. The Morgan fingerprint density at radius 1 is 1.41 bits per heavy atom. The van der Waals surface area contributed by atoms with Crippen LogP contribution in [0.5, 0.6) is 5.75 Å². The first-order chi connectivity index (χ1) is 10.3. The molecular weight excluding hydrogens is 304 g/mol. The summed E-state index contributed by atoms with van der Waals surface area (Å²) in [5, 5.41) is 2.65. The molecule has 1 aliphatic heterocycles. The van der Waals surface area contributed by atoms with Gasteiger partial charge in [-0.2, -0.15) is 0 Å². The summed E-state index contributed by atoms with van der Waals surface area (Å²) in [7, 11) is -1.39. The van der Waals surface area contributed by atoms with E-state index in [1.165, 1.54) is 4.90 Å². The topological polar surface area (TPSA) is 75.7 Å². The molecule has 2 amide bonds. The van der Waals surface area contributed by atoms with E-state index in [1.54, 1.807) is 7.05 Å². The zero-order chi connectivity index (χ0) is 16.3. The van der Waals surface area contributed by atoms with E-state index in [-0.39, 0.29) is 30.3 Å². The van der Waals surface area contributed by atoms with Gasteiger partial charge in [-0.05, 0) is 31.9 Å². The van der Waals surface area contributed by atoms with Crippen molar-refractivity contribution in [3.05, 3.63) is 29.3 Å². The van der Waals surface area contributed by atoms with E-state index in [4.69, 9.17) is 4.74 Å². The summed E-state index contributed by atoms with van der Waals surface area (Å²) in [5.41, 5.74) is 2.15. The van der Waals surface area contributed by atoms with E-state index < -0.39 is 9.84 Å². The third-order valence-corrected chi connectivity index (χ3v) is 5.61. The molecule has 6 nitrogen and oxygen atoms in total. The number of hydrogen-bond acceptors (Lipinski definition) is 4. The molecule has 22 heavy (non-hydrogen) atoms. The van der Waals surface area contributed by atoms with Crippen molar-refractivity contribution in [1.29, 1.82) is 0 Å². The van der Waals surface area contributed by atoms with E-state index in [9.17, 15) is 13.2 Å². The Morgan fingerprint density at radius 2 is 2.14 bits per heavy atom. The number of amides is 2. The molecule has 0 radical (unpaired) electrons. The van der Waals surface area contributed by atoms with Gasteiger partial charge in [0.2, 0.25) is 0 Å². The minimum absolute atomic E-state index is 0.0366. The minimum Gasteiger partial charge on any atom is -0.473 e. The first kappa shape index (κ1) is 16.6. The lowest BCUT2D eigenvalue weighted by Gasteiger charge is -2.23. The number of sulfone groups is 1. The van der Waals surface area contributed by atoms with Crippen LogP contribution >= 0.6 is 0 Å². The molecule has 0 aliphatic carbocycles. The molecule has 1 N–H and O–H groups in total. The summed E-state index contributed by atoms with van der Waals surface area (Å²) >= 11 is 0. The van der Waals surface area contributed by atoms with Crippen LogP contribution in [0, 0.1) is 13.8 Å². The molecule has 1 unspecified atom stereocenters. The Morgan fingerprint density at radius 3 is 2.73 bits per heavy atom. The van der Waals surface area contributed by atoms with Gasteiger partial charge in [-0.25, -0.2) is 13.2 Å². The second kappa shape index (κ2) is 6.56. The fourth-order valence-electron chi connectivity index (χ4n) is 2.51. The third kappa shape index (κ3) is 4.13. The van der Waals surface area contributed by atoms with Gasteiger partial charge in [0.15, 0.2) is 16.6 Å². The SMILES string of the molecule is Cc1ccc(OCNC(=O)N(C)C2CCS(=O)(=O)C2)c(C)c1. The minimum atomic E-state index is -3.00. The van der Waals surface area contributed by atoms with Crippen molar-refractivity contribution in [2.24, 2.45) is 0 Å². The lowest BCUT2D eigenvalue weighted by atomic mass is 10.1. The molecule has 7 heteroatoms. The summed E-state index contributed by atoms with van der Waals surface area (Å²) in [5.74, 6) is 0.903. The van der Waals surface area contributed by atoms with Crippen molar-refractivity contribution in [2.45, 2.75) is 26.3 Å². The fraction of sp³-hybridized carbons (Fsp3) is 0.533. The van der Waals surface area contributed by atoms with Crippen LogP contribution < -0.4 is 10.1 Å². The first-order valence-corrected chi connectivity index (χ1v) is 9.02. The molecule has 1 fully saturated rings. The van der Waals surface area contributed by atoms with E-state index >= 15 is 0 Å². The van der Waals surface area contributed by atoms with E-state index in [1.807, 2.05) is 32.0 Å². The molecule has 1 saturated heterocycles. The number of urea groups is 1. The number of hydrogen-bond donors (Lipinski definition) is 1. The van der Waals surface area contributed by atoms with Crippen LogP contribution in [0.2, 0.25) is 0 Å². The Balaban J connectivity index is 1.82. The van der Waals surface area contributed by atoms with Crippen LogP contribution in [0.4, 0.5) is 4.79 Å². The van der Waals surface area contributed by atoms with Gasteiger partial charge >= 0.3 is 6.03 Å². The summed E-state index contributed by atoms with van der Waals surface area (Å²) in [6.45, 7) is 4.00. The van der Waals surface area contributed by atoms with Gasteiger partial charge in [-0.15, -0.1) is 0 Å². The second-order valence-corrected chi connectivity index (χ2v) is 7.94. The highest BCUT2D eigenvalue weighted by Gasteiger charge is 2.32. The molecule has 0 bridgehead atoms. The number of nitrogens with zero attached hydrogens (tertiary/aromatic N) is 1. The number of rotatable bonds is 4. The van der Waals surface area contributed by atoms with Gasteiger partial charge in [-0.1, -0.05) is 17.7 Å². The van der Waals surface area contributed by atoms with Crippen molar-refractivity contribution < 1.29 is 17.9 Å². The largest absolute Gasteiger partial charge is 0.473 e. The van der Waals surface area contributed by atoms with Crippen LogP contribution in [-0.2, 0) is 9.84 Å². The first-order valence-electron chi connectivity index (χ1n) is 7.19. The molecule has 0 aromatic heterocycles. The van der Waals surface area contributed by atoms with Gasteiger partial charge in [0.05, 0.1) is 11.5 Å². The zero-order valence-electron chi connectivity index (χ0n) is 13.1. The zero-order valence-corrected chi connectivity index (χ0v) is 13.9. The maximum Gasteiger partial charge on any atom is 0.320 e. The van der Waals surface area contributed by atoms with Crippen molar-refractivity contribution in [1.82, 2.24) is 10.2 Å². The Labute approximate surface area is 131 Å². The lowest BCUT2D eigenvalue weighted by molar-refractivity contribution is 0.182. The second-order valence-electron chi connectivity index (χ2n) is 5.71. The number of ether oxygens (including phenoxy) is 1. The number of carbonyl (C=O) groups is 1. The quantitative estimate of drug-likeness (QED) is 0.850. The van der Waals surface area contributed by atoms with Crippen LogP contribution in [0.1, 0.15) is 17.5 Å². The number of carbonyl (C=O) groups excluding carboxylic acids is 1. The maximum absolute atomic E-state index is 12.0. The average molecular weight is 326 g/mol. The van der Waals surface area contributed by atoms with E-state index in [0.717, 1.165) is 16.9 Å². The van der Waals surface area contributed by atoms with Gasteiger partial charge in [0.25, 0.3) is 0 Å². The summed E-state index contributed by atoms with van der Waals surface area (Å²) in [4.78, 5) is 13.5. The fourth-order valence-corrected chi connectivity index (χ4v) is 4.28. The highest BCUT2D eigenvalue weighted by Crippen LogP contribution is 2.19. The van der Waals surface area contributed by atoms with Gasteiger partial charge in [0.1, 0.15) is 5.75 Å². The smallest absolute Gasteiger partial charge is 0.320 e.